The van der Waals surface area contributed by atoms with Gasteiger partial charge in [-0.1, -0.05) is 0 Å². The number of halogens is 1. The van der Waals surface area contributed by atoms with Crippen molar-refractivity contribution in [3.8, 4) is 0 Å². The first kappa shape index (κ1) is 12.2. The molecule has 1 saturated carbocycles. The summed E-state index contributed by atoms with van der Waals surface area (Å²) in [5.41, 5.74) is 0.249. The number of nitrogens with zero attached hydrogens (tertiary/aromatic N) is 1. The van der Waals surface area contributed by atoms with Gasteiger partial charge in [-0.25, -0.2) is 4.39 Å². The Bertz CT molecular complexity index is 449. The van der Waals surface area contributed by atoms with Crippen LogP contribution < -0.4 is 5.32 Å². The van der Waals surface area contributed by atoms with Gasteiger partial charge in [0.05, 0.1) is 11.0 Å². The Hall–Kier alpha value is -1.30. The number of thioether (sulfide) groups is 1. The van der Waals surface area contributed by atoms with E-state index in [-0.39, 0.29) is 10.4 Å². The Kier molecular flexibility index (Phi) is 3.24. The smallest absolute Gasteiger partial charge is 0.274 e. The predicted molar refractivity (Wildman–Crippen MR) is 67.0 cm³/mol. The first-order valence-corrected chi connectivity index (χ1v) is 6.51. The van der Waals surface area contributed by atoms with Gasteiger partial charge in [0.15, 0.2) is 0 Å². The lowest BCUT2D eigenvalue weighted by Crippen LogP contribution is -2.17. The highest BCUT2D eigenvalue weighted by molar-refractivity contribution is 8.00. The number of rotatable bonds is 5. The quantitative estimate of drug-likeness (QED) is 0.650. The van der Waals surface area contributed by atoms with Crippen LogP contribution in [0, 0.1) is 15.9 Å². The summed E-state index contributed by atoms with van der Waals surface area (Å²) in [4.78, 5) is 9.99. The third-order valence-corrected chi connectivity index (χ3v) is 4.37. The predicted octanol–water partition coefficient (Wildman–Crippen LogP) is 3.04. The van der Waals surface area contributed by atoms with Crippen molar-refractivity contribution in [1.82, 2.24) is 0 Å². The van der Waals surface area contributed by atoms with Gasteiger partial charge >= 0.3 is 0 Å². The molecule has 1 aliphatic carbocycles. The van der Waals surface area contributed by atoms with Gasteiger partial charge < -0.3 is 5.32 Å². The minimum Gasteiger partial charge on any atom is -0.383 e. The number of hydrogen-bond donors (Lipinski definition) is 1. The molecule has 0 atom stereocenters. The number of anilines is 1. The van der Waals surface area contributed by atoms with Crippen molar-refractivity contribution in [2.75, 3.05) is 18.1 Å². The molecule has 1 aromatic rings. The van der Waals surface area contributed by atoms with Crippen molar-refractivity contribution in [2.45, 2.75) is 17.6 Å². The number of benzene rings is 1. The van der Waals surface area contributed by atoms with Crippen molar-refractivity contribution in [1.29, 1.82) is 0 Å². The fourth-order valence-corrected chi connectivity index (χ4v) is 2.36. The second kappa shape index (κ2) is 4.52. The van der Waals surface area contributed by atoms with Crippen LogP contribution in [0.2, 0.25) is 0 Å². The summed E-state index contributed by atoms with van der Waals surface area (Å²) >= 11 is 1.78. The lowest BCUT2D eigenvalue weighted by atomic mass is 10.2. The summed E-state index contributed by atoms with van der Waals surface area (Å²) in [6.07, 6.45) is 4.32. The minimum atomic E-state index is -0.588. The monoisotopic (exact) mass is 256 g/mol. The number of nitrogens with one attached hydrogen (secondary N) is 1. The van der Waals surface area contributed by atoms with Crippen molar-refractivity contribution < 1.29 is 9.31 Å². The molecule has 92 valence electrons. The second-order valence-corrected chi connectivity index (χ2v) is 5.47. The molecule has 4 nitrogen and oxygen atoms in total. The molecule has 0 aliphatic heterocycles. The van der Waals surface area contributed by atoms with E-state index < -0.39 is 10.7 Å². The highest BCUT2D eigenvalue weighted by atomic mass is 32.2. The second-order valence-electron chi connectivity index (χ2n) is 4.20. The first-order chi connectivity index (χ1) is 8.04. The summed E-state index contributed by atoms with van der Waals surface area (Å²) in [5.74, 6) is -0.587. The van der Waals surface area contributed by atoms with E-state index >= 15 is 0 Å². The van der Waals surface area contributed by atoms with E-state index in [9.17, 15) is 14.5 Å². The van der Waals surface area contributed by atoms with Gasteiger partial charge in [-0.05, 0) is 25.2 Å². The van der Waals surface area contributed by atoms with Gasteiger partial charge in [-0.3, -0.25) is 10.1 Å². The Balaban J connectivity index is 2.07. The molecule has 1 N–H and O–H groups in total. The van der Waals surface area contributed by atoms with Crippen molar-refractivity contribution >= 4 is 23.1 Å². The molecule has 1 fully saturated rings. The molecule has 0 amide bonds. The molecule has 0 spiro atoms. The number of nitro benzene ring substituents is 1. The number of non-ortho nitro benzene ring substituents is 1. The molecule has 17 heavy (non-hydrogen) atoms. The van der Waals surface area contributed by atoms with E-state index in [1.165, 1.54) is 12.1 Å². The summed E-state index contributed by atoms with van der Waals surface area (Å²) in [7, 11) is 0. The lowest BCUT2D eigenvalue weighted by molar-refractivity contribution is -0.385. The van der Waals surface area contributed by atoms with Crippen LogP contribution in [0.25, 0.3) is 0 Å². The SMILES string of the molecule is CSC1(CNc2cc(F)cc([N+](=O)[O-])c2)CC1. The average Bonchev–Trinajstić information content (AvgIpc) is 3.06. The van der Waals surface area contributed by atoms with Crippen LogP contribution in [-0.2, 0) is 0 Å². The van der Waals surface area contributed by atoms with Crippen LogP contribution in [0.5, 0.6) is 0 Å². The van der Waals surface area contributed by atoms with Gasteiger partial charge in [0.25, 0.3) is 5.69 Å². The Labute approximate surface area is 103 Å². The highest BCUT2D eigenvalue weighted by Crippen LogP contribution is 2.47. The molecular weight excluding hydrogens is 243 g/mol. The number of hydrogen-bond acceptors (Lipinski definition) is 4. The molecule has 0 bridgehead atoms. The minimum absolute atomic E-state index is 0.221. The zero-order valence-electron chi connectivity index (χ0n) is 9.40. The number of nitro groups is 1. The maximum Gasteiger partial charge on any atom is 0.274 e. The van der Waals surface area contributed by atoms with Gasteiger partial charge in [0.2, 0.25) is 0 Å². The van der Waals surface area contributed by atoms with Crippen LogP contribution in [0.4, 0.5) is 15.8 Å². The van der Waals surface area contributed by atoms with Crippen LogP contribution in [0.1, 0.15) is 12.8 Å². The maximum absolute atomic E-state index is 13.2. The van der Waals surface area contributed by atoms with Crippen molar-refractivity contribution in [3.05, 3.63) is 34.1 Å². The van der Waals surface area contributed by atoms with Gasteiger partial charge in [-0.15, -0.1) is 0 Å². The molecular formula is C11H13FN2O2S. The normalized spacial score (nSPS) is 16.6. The molecule has 1 aliphatic rings. The molecule has 1 aromatic carbocycles. The van der Waals surface area contributed by atoms with E-state index in [4.69, 9.17) is 0 Å². The van der Waals surface area contributed by atoms with E-state index in [0.717, 1.165) is 25.5 Å². The van der Waals surface area contributed by atoms with E-state index in [1.54, 1.807) is 11.8 Å². The highest BCUT2D eigenvalue weighted by Gasteiger charge is 2.41. The van der Waals surface area contributed by atoms with E-state index in [2.05, 4.69) is 5.32 Å². The third kappa shape index (κ3) is 2.88. The zero-order chi connectivity index (χ0) is 12.5. The average molecular weight is 256 g/mol. The Morgan fingerprint density at radius 3 is 2.76 bits per heavy atom. The van der Waals surface area contributed by atoms with Gasteiger partial charge in [0, 0.05) is 23.0 Å². The summed E-state index contributed by atoms with van der Waals surface area (Å²) in [6, 6.07) is 3.57. The Morgan fingerprint density at radius 2 is 2.24 bits per heavy atom. The lowest BCUT2D eigenvalue weighted by Gasteiger charge is -2.13. The van der Waals surface area contributed by atoms with E-state index in [1.807, 2.05) is 6.26 Å². The van der Waals surface area contributed by atoms with Crippen LogP contribution >= 0.6 is 11.8 Å². The fraction of sp³-hybridized carbons (Fsp3) is 0.455. The molecule has 2 rings (SSSR count). The molecule has 6 heteroatoms. The van der Waals surface area contributed by atoms with Crippen molar-refractivity contribution in [3.63, 3.8) is 0 Å². The van der Waals surface area contributed by atoms with Crippen LogP contribution in [0.15, 0.2) is 18.2 Å². The van der Waals surface area contributed by atoms with Crippen molar-refractivity contribution in [2.24, 2.45) is 0 Å². The molecule has 0 aromatic heterocycles. The van der Waals surface area contributed by atoms with Crippen LogP contribution in [0.3, 0.4) is 0 Å². The topological polar surface area (TPSA) is 55.2 Å². The third-order valence-electron chi connectivity index (χ3n) is 2.95. The van der Waals surface area contributed by atoms with Crippen LogP contribution in [-0.4, -0.2) is 22.5 Å². The summed E-state index contributed by atoms with van der Waals surface area (Å²) in [6.45, 7) is 0.717. The largest absolute Gasteiger partial charge is 0.383 e. The van der Waals surface area contributed by atoms with Gasteiger partial charge in [-0.2, -0.15) is 11.8 Å². The fourth-order valence-electron chi connectivity index (χ4n) is 1.64. The molecule has 0 radical (unpaired) electrons. The molecule has 0 saturated heterocycles. The Morgan fingerprint density at radius 1 is 1.53 bits per heavy atom. The van der Waals surface area contributed by atoms with E-state index in [0.29, 0.717) is 5.69 Å². The maximum atomic E-state index is 13.2. The van der Waals surface area contributed by atoms with Gasteiger partial charge in [0.1, 0.15) is 5.82 Å². The molecule has 0 heterocycles. The zero-order valence-corrected chi connectivity index (χ0v) is 10.2. The standard InChI is InChI=1S/C11H13FN2O2S/c1-17-11(2-3-11)7-13-9-4-8(12)5-10(6-9)14(15)16/h4-6,13H,2-3,7H2,1H3. The first-order valence-electron chi connectivity index (χ1n) is 5.29. The summed E-state index contributed by atoms with van der Waals surface area (Å²) < 4.78 is 13.4. The molecule has 0 unspecified atom stereocenters. The summed E-state index contributed by atoms with van der Waals surface area (Å²) in [5, 5.41) is 13.7.